The molecule has 0 aromatic carbocycles. The molecule has 96 valence electrons. The Morgan fingerprint density at radius 2 is 2.18 bits per heavy atom. The molecule has 4 heteroatoms. The first-order valence-electron chi connectivity index (χ1n) is 6.75. The number of aryl methyl sites for hydroxylation is 1. The van der Waals surface area contributed by atoms with Gasteiger partial charge in [0.15, 0.2) is 0 Å². The van der Waals surface area contributed by atoms with E-state index in [0.29, 0.717) is 0 Å². The van der Waals surface area contributed by atoms with E-state index in [-0.39, 0.29) is 0 Å². The van der Waals surface area contributed by atoms with E-state index >= 15 is 0 Å². The van der Waals surface area contributed by atoms with Gasteiger partial charge in [-0.05, 0) is 44.8 Å². The lowest BCUT2D eigenvalue weighted by Crippen LogP contribution is -2.36. The average molecular weight is 236 g/mol. The van der Waals surface area contributed by atoms with Crippen molar-refractivity contribution >= 4 is 0 Å². The van der Waals surface area contributed by atoms with E-state index in [0.717, 1.165) is 25.6 Å². The van der Waals surface area contributed by atoms with Crippen LogP contribution >= 0.6 is 0 Å². The van der Waals surface area contributed by atoms with E-state index in [2.05, 4.69) is 21.4 Å². The highest BCUT2D eigenvalue weighted by Crippen LogP contribution is 2.17. The zero-order chi connectivity index (χ0) is 12.1. The lowest BCUT2D eigenvalue weighted by Gasteiger charge is -2.31. The van der Waals surface area contributed by atoms with Gasteiger partial charge in [-0.25, -0.2) is 4.98 Å². The maximum atomic E-state index is 5.72. The summed E-state index contributed by atoms with van der Waals surface area (Å²) in [7, 11) is 0. The van der Waals surface area contributed by atoms with Crippen LogP contribution in [0.5, 0.6) is 0 Å². The molecule has 0 bridgehead atoms. The summed E-state index contributed by atoms with van der Waals surface area (Å²) in [6.07, 6.45) is 7.62. The van der Waals surface area contributed by atoms with Crippen molar-refractivity contribution in [3.63, 3.8) is 0 Å². The van der Waals surface area contributed by atoms with Gasteiger partial charge in [0.05, 0.1) is 12.0 Å². The summed E-state index contributed by atoms with van der Waals surface area (Å²) in [4.78, 5) is 6.78. The number of piperidine rings is 1. The van der Waals surface area contributed by atoms with Gasteiger partial charge in [0.25, 0.3) is 0 Å². The molecule has 17 heavy (non-hydrogen) atoms. The van der Waals surface area contributed by atoms with Gasteiger partial charge in [-0.2, -0.15) is 0 Å². The molecule has 0 saturated carbocycles. The zero-order valence-corrected chi connectivity index (χ0v) is 10.8. The van der Waals surface area contributed by atoms with Crippen molar-refractivity contribution < 1.29 is 0 Å². The summed E-state index contributed by atoms with van der Waals surface area (Å²) in [6.45, 7) is 7.53. The minimum atomic E-state index is 0.742. The van der Waals surface area contributed by atoms with Crippen molar-refractivity contribution in [1.82, 2.24) is 14.5 Å². The maximum absolute atomic E-state index is 5.72. The minimum absolute atomic E-state index is 0.742. The standard InChI is InChI=1S/C13H24N4/c1-2-5-17-11-15-9-13(17)10-16-6-3-12(8-14)4-7-16/h9,11-12H,2-8,10,14H2,1H3. The van der Waals surface area contributed by atoms with Crippen LogP contribution in [0.25, 0.3) is 0 Å². The highest BCUT2D eigenvalue weighted by Gasteiger charge is 2.18. The third-order valence-corrected chi connectivity index (χ3v) is 3.69. The van der Waals surface area contributed by atoms with E-state index in [1.165, 1.54) is 38.0 Å². The molecule has 2 N–H and O–H groups in total. The van der Waals surface area contributed by atoms with Gasteiger partial charge in [-0.3, -0.25) is 4.90 Å². The normalized spacial score (nSPS) is 18.7. The summed E-state index contributed by atoms with van der Waals surface area (Å²) in [5.74, 6) is 0.742. The first-order chi connectivity index (χ1) is 8.33. The van der Waals surface area contributed by atoms with Gasteiger partial charge >= 0.3 is 0 Å². The van der Waals surface area contributed by atoms with Crippen LogP contribution in [-0.4, -0.2) is 34.1 Å². The summed E-state index contributed by atoms with van der Waals surface area (Å²) < 4.78 is 2.27. The van der Waals surface area contributed by atoms with Crippen molar-refractivity contribution in [3.8, 4) is 0 Å². The second-order valence-electron chi connectivity index (χ2n) is 5.03. The second kappa shape index (κ2) is 6.17. The smallest absolute Gasteiger partial charge is 0.0948 e. The Kier molecular flexibility index (Phi) is 4.57. The molecule has 2 heterocycles. The van der Waals surface area contributed by atoms with Gasteiger partial charge in [-0.15, -0.1) is 0 Å². The topological polar surface area (TPSA) is 47.1 Å². The largest absolute Gasteiger partial charge is 0.333 e. The second-order valence-corrected chi connectivity index (χ2v) is 5.03. The predicted octanol–water partition coefficient (Wildman–Crippen LogP) is 1.46. The number of hydrogen-bond donors (Lipinski definition) is 1. The van der Waals surface area contributed by atoms with Crippen molar-refractivity contribution in [2.45, 2.75) is 39.3 Å². The molecule has 0 aliphatic carbocycles. The van der Waals surface area contributed by atoms with E-state index < -0.39 is 0 Å². The van der Waals surface area contributed by atoms with Gasteiger partial charge in [0.2, 0.25) is 0 Å². The van der Waals surface area contributed by atoms with Crippen molar-refractivity contribution in [3.05, 3.63) is 18.2 Å². The molecular weight excluding hydrogens is 212 g/mol. The van der Waals surface area contributed by atoms with Crippen LogP contribution in [0.15, 0.2) is 12.5 Å². The van der Waals surface area contributed by atoms with Gasteiger partial charge in [0.1, 0.15) is 0 Å². The Labute approximate surface area is 104 Å². The van der Waals surface area contributed by atoms with E-state index in [4.69, 9.17) is 5.73 Å². The SMILES string of the molecule is CCCn1cncc1CN1CCC(CN)CC1. The monoisotopic (exact) mass is 236 g/mol. The predicted molar refractivity (Wildman–Crippen MR) is 69.6 cm³/mol. The molecule has 4 nitrogen and oxygen atoms in total. The Morgan fingerprint density at radius 1 is 1.41 bits per heavy atom. The lowest BCUT2D eigenvalue weighted by atomic mass is 9.97. The molecule has 1 aromatic heterocycles. The van der Waals surface area contributed by atoms with Gasteiger partial charge in [0, 0.05) is 19.3 Å². The Morgan fingerprint density at radius 3 is 2.82 bits per heavy atom. The number of aromatic nitrogens is 2. The Hall–Kier alpha value is -0.870. The number of nitrogens with two attached hydrogens (primary N) is 1. The molecule has 0 amide bonds. The molecule has 0 spiro atoms. The molecule has 1 aliphatic heterocycles. The number of hydrogen-bond acceptors (Lipinski definition) is 3. The number of imidazole rings is 1. The Balaban J connectivity index is 1.86. The lowest BCUT2D eigenvalue weighted by molar-refractivity contribution is 0.177. The van der Waals surface area contributed by atoms with Crippen LogP contribution in [-0.2, 0) is 13.1 Å². The third kappa shape index (κ3) is 3.30. The summed E-state index contributed by atoms with van der Waals surface area (Å²) in [5.41, 5.74) is 7.06. The Bertz CT molecular complexity index is 326. The van der Waals surface area contributed by atoms with Gasteiger partial charge in [-0.1, -0.05) is 6.92 Å². The number of rotatable bonds is 5. The van der Waals surface area contributed by atoms with E-state index in [9.17, 15) is 0 Å². The quantitative estimate of drug-likeness (QED) is 0.842. The molecule has 2 rings (SSSR count). The van der Waals surface area contributed by atoms with Crippen molar-refractivity contribution in [1.29, 1.82) is 0 Å². The van der Waals surface area contributed by atoms with Crippen LogP contribution in [0.3, 0.4) is 0 Å². The van der Waals surface area contributed by atoms with Crippen molar-refractivity contribution in [2.24, 2.45) is 11.7 Å². The van der Waals surface area contributed by atoms with Crippen LogP contribution in [0.2, 0.25) is 0 Å². The molecule has 1 aliphatic rings. The highest BCUT2D eigenvalue weighted by molar-refractivity contribution is 4.98. The van der Waals surface area contributed by atoms with Crippen LogP contribution in [0.1, 0.15) is 31.9 Å². The molecule has 0 atom stereocenters. The number of nitrogens with zero attached hydrogens (tertiary/aromatic N) is 3. The fourth-order valence-corrected chi connectivity index (χ4v) is 2.53. The average Bonchev–Trinajstić information content (AvgIpc) is 2.78. The first kappa shape index (κ1) is 12.6. The summed E-state index contributed by atoms with van der Waals surface area (Å²) in [5, 5.41) is 0. The molecule has 1 aromatic rings. The van der Waals surface area contributed by atoms with Crippen molar-refractivity contribution in [2.75, 3.05) is 19.6 Å². The molecule has 0 unspecified atom stereocenters. The fourth-order valence-electron chi connectivity index (χ4n) is 2.53. The van der Waals surface area contributed by atoms with E-state index in [1.54, 1.807) is 0 Å². The maximum Gasteiger partial charge on any atom is 0.0948 e. The first-order valence-corrected chi connectivity index (χ1v) is 6.75. The molecule has 1 saturated heterocycles. The molecule has 1 fully saturated rings. The minimum Gasteiger partial charge on any atom is -0.333 e. The van der Waals surface area contributed by atoms with Gasteiger partial charge < -0.3 is 10.3 Å². The highest BCUT2D eigenvalue weighted by atomic mass is 15.2. The summed E-state index contributed by atoms with van der Waals surface area (Å²) >= 11 is 0. The fraction of sp³-hybridized carbons (Fsp3) is 0.769. The zero-order valence-electron chi connectivity index (χ0n) is 10.8. The van der Waals surface area contributed by atoms with Crippen LogP contribution < -0.4 is 5.73 Å². The number of likely N-dealkylation sites (tertiary alicyclic amines) is 1. The van der Waals surface area contributed by atoms with Crippen LogP contribution in [0.4, 0.5) is 0 Å². The molecule has 0 radical (unpaired) electrons. The third-order valence-electron chi connectivity index (χ3n) is 3.69. The van der Waals surface area contributed by atoms with Crippen LogP contribution in [0, 0.1) is 5.92 Å². The van der Waals surface area contributed by atoms with E-state index in [1.807, 2.05) is 12.5 Å². The molecular formula is C13H24N4. The summed E-state index contributed by atoms with van der Waals surface area (Å²) in [6, 6.07) is 0.